The van der Waals surface area contributed by atoms with Crippen molar-refractivity contribution in [2.75, 3.05) is 74.0 Å². The minimum Gasteiger partial charge on any atom is -0.378 e. The Kier molecular flexibility index (Phi) is 8.91. The third-order valence-corrected chi connectivity index (χ3v) is 7.43. The molecule has 0 saturated carbocycles. The maximum absolute atomic E-state index is 13.8. The topological polar surface area (TPSA) is 50.3 Å². The van der Waals surface area contributed by atoms with Crippen LogP contribution in [0.25, 0.3) is 0 Å². The first kappa shape index (κ1) is 27.9. The first-order valence-corrected chi connectivity index (χ1v) is 13.6. The van der Waals surface area contributed by atoms with Crippen molar-refractivity contribution in [3.05, 3.63) is 83.9 Å². The largest absolute Gasteiger partial charge is 0.378 e. The SMILES string of the molecule is CN(C)c1ccc(C(=O)N(C(=O)c2ccc(N(C)C)cc2)c2ccc(N3CCN(C(S)S)CC3)cc2)cc1. The van der Waals surface area contributed by atoms with Crippen molar-refractivity contribution in [2.45, 2.75) is 4.71 Å². The third kappa shape index (κ3) is 6.28. The number of carbonyl (C=O) groups is 2. The first-order valence-electron chi connectivity index (χ1n) is 12.5. The highest BCUT2D eigenvalue weighted by Crippen LogP contribution is 2.27. The molecule has 3 aromatic rings. The van der Waals surface area contributed by atoms with Gasteiger partial charge in [0.1, 0.15) is 0 Å². The minimum atomic E-state index is -0.369. The molecule has 38 heavy (non-hydrogen) atoms. The maximum Gasteiger partial charge on any atom is 0.265 e. The number of nitrogens with zero attached hydrogens (tertiary/aromatic N) is 5. The summed E-state index contributed by atoms with van der Waals surface area (Å²) in [5, 5.41) is 0. The molecule has 4 rings (SSSR count). The van der Waals surface area contributed by atoms with Crippen LogP contribution in [0.2, 0.25) is 0 Å². The normalized spacial score (nSPS) is 13.9. The quantitative estimate of drug-likeness (QED) is 0.256. The number of piperazine rings is 1. The van der Waals surface area contributed by atoms with Gasteiger partial charge in [0.05, 0.1) is 10.4 Å². The van der Waals surface area contributed by atoms with Gasteiger partial charge in [-0.2, -0.15) is 0 Å². The molecule has 1 saturated heterocycles. The second-order valence-corrected chi connectivity index (χ2v) is 11.1. The fourth-order valence-electron chi connectivity index (χ4n) is 4.41. The number of hydrogen-bond acceptors (Lipinski definition) is 8. The number of benzene rings is 3. The van der Waals surface area contributed by atoms with E-state index in [0.717, 1.165) is 43.2 Å². The number of amides is 2. The van der Waals surface area contributed by atoms with Crippen LogP contribution in [0.15, 0.2) is 72.8 Å². The zero-order valence-corrected chi connectivity index (χ0v) is 24.1. The van der Waals surface area contributed by atoms with Gasteiger partial charge in [0.15, 0.2) is 0 Å². The van der Waals surface area contributed by atoms with Gasteiger partial charge in [-0.3, -0.25) is 14.5 Å². The van der Waals surface area contributed by atoms with Gasteiger partial charge < -0.3 is 14.7 Å². The molecule has 3 aromatic carbocycles. The van der Waals surface area contributed by atoms with Crippen molar-refractivity contribution < 1.29 is 9.59 Å². The molecule has 0 bridgehead atoms. The molecule has 0 aromatic heterocycles. The summed E-state index contributed by atoms with van der Waals surface area (Å²) in [6.45, 7) is 3.45. The lowest BCUT2D eigenvalue weighted by Crippen LogP contribution is -2.47. The zero-order valence-electron chi connectivity index (χ0n) is 22.3. The lowest BCUT2D eigenvalue weighted by atomic mass is 10.1. The van der Waals surface area contributed by atoms with Crippen molar-refractivity contribution in [3.63, 3.8) is 0 Å². The molecule has 1 aliphatic rings. The number of carbonyl (C=O) groups excluding carboxylic acids is 2. The average Bonchev–Trinajstić information content (AvgIpc) is 2.93. The third-order valence-electron chi connectivity index (χ3n) is 6.78. The number of anilines is 4. The molecular weight excluding hydrogens is 514 g/mol. The van der Waals surface area contributed by atoms with E-state index in [1.54, 1.807) is 24.3 Å². The summed E-state index contributed by atoms with van der Waals surface area (Å²) >= 11 is 8.84. The Morgan fingerprint density at radius 3 is 1.39 bits per heavy atom. The molecule has 0 spiro atoms. The van der Waals surface area contributed by atoms with Gasteiger partial charge in [-0.25, -0.2) is 4.90 Å². The Hall–Kier alpha value is -3.14. The zero-order chi connectivity index (χ0) is 27.4. The Morgan fingerprint density at radius 1 is 0.632 bits per heavy atom. The van der Waals surface area contributed by atoms with Gasteiger partial charge in [0.25, 0.3) is 11.8 Å². The molecule has 200 valence electrons. The summed E-state index contributed by atoms with van der Waals surface area (Å²) in [7, 11) is 7.78. The van der Waals surface area contributed by atoms with Crippen LogP contribution in [0.4, 0.5) is 22.7 Å². The van der Waals surface area contributed by atoms with E-state index < -0.39 is 0 Å². The smallest absolute Gasteiger partial charge is 0.265 e. The molecule has 0 N–H and O–H groups in total. The van der Waals surface area contributed by atoms with E-state index in [2.05, 4.69) is 35.1 Å². The van der Waals surface area contributed by atoms with Gasteiger partial charge >= 0.3 is 0 Å². The van der Waals surface area contributed by atoms with Crippen molar-refractivity contribution in [2.24, 2.45) is 0 Å². The summed E-state index contributed by atoms with van der Waals surface area (Å²) < 4.78 is -0.0660. The second-order valence-electron chi connectivity index (χ2n) is 9.71. The number of hydrogen-bond donors (Lipinski definition) is 2. The molecule has 1 heterocycles. The van der Waals surface area contributed by atoms with Crippen molar-refractivity contribution >= 4 is 59.8 Å². The van der Waals surface area contributed by atoms with Crippen LogP contribution < -0.4 is 19.6 Å². The summed E-state index contributed by atoms with van der Waals surface area (Å²) in [4.78, 5) is 37.2. The summed E-state index contributed by atoms with van der Waals surface area (Å²) in [5.41, 5.74) is 4.43. The van der Waals surface area contributed by atoms with Crippen LogP contribution in [0.3, 0.4) is 0 Å². The molecule has 1 fully saturated rings. The van der Waals surface area contributed by atoms with Crippen molar-refractivity contribution in [1.82, 2.24) is 4.90 Å². The van der Waals surface area contributed by atoms with Gasteiger partial charge in [-0.05, 0) is 72.8 Å². The molecule has 0 radical (unpaired) electrons. The highest BCUT2D eigenvalue weighted by Gasteiger charge is 2.27. The maximum atomic E-state index is 13.8. The molecule has 0 aliphatic carbocycles. The van der Waals surface area contributed by atoms with Crippen molar-refractivity contribution in [1.29, 1.82) is 0 Å². The highest BCUT2D eigenvalue weighted by molar-refractivity contribution is 7.99. The van der Waals surface area contributed by atoms with Crippen LogP contribution in [-0.2, 0) is 0 Å². The van der Waals surface area contributed by atoms with E-state index in [-0.39, 0.29) is 16.5 Å². The van der Waals surface area contributed by atoms with Crippen molar-refractivity contribution in [3.8, 4) is 0 Å². The monoisotopic (exact) mass is 549 g/mol. The molecule has 0 unspecified atom stereocenters. The van der Waals surface area contributed by atoms with Gasteiger partial charge in [-0.1, -0.05) is 0 Å². The fourth-order valence-corrected chi connectivity index (χ4v) is 4.87. The standard InChI is InChI=1S/C29H35N5O2S2/c1-30(2)23-9-5-21(6-10-23)27(35)34(28(36)22-7-11-24(12-8-22)31(3)4)26-15-13-25(14-16-26)32-17-19-33(20-18-32)29(37)38/h5-16,29,37-38H,17-20H2,1-4H3. The molecular formula is C29H35N5O2S2. The first-order chi connectivity index (χ1) is 18.2. The molecule has 9 heteroatoms. The van der Waals surface area contributed by atoms with Gasteiger partial charge in [-0.15, -0.1) is 25.3 Å². The fraction of sp³-hybridized carbons (Fsp3) is 0.310. The van der Waals surface area contributed by atoms with E-state index in [0.29, 0.717) is 16.8 Å². The molecule has 2 amide bonds. The molecule has 7 nitrogen and oxygen atoms in total. The molecule has 1 aliphatic heterocycles. The average molecular weight is 550 g/mol. The van der Waals surface area contributed by atoms with Gasteiger partial charge in [0, 0.05) is 82.6 Å². The van der Waals surface area contributed by atoms with Crippen LogP contribution in [0, 0.1) is 0 Å². The Balaban J connectivity index is 1.63. The van der Waals surface area contributed by atoms with Gasteiger partial charge in [0.2, 0.25) is 0 Å². The Bertz CT molecular complexity index is 1170. The van der Waals surface area contributed by atoms with E-state index in [1.165, 1.54) is 4.90 Å². The lowest BCUT2D eigenvalue weighted by molar-refractivity contribution is 0.0897. The van der Waals surface area contributed by atoms with Crippen LogP contribution in [0.5, 0.6) is 0 Å². The van der Waals surface area contributed by atoms with E-state index in [1.807, 2.05) is 86.5 Å². The van der Waals surface area contributed by atoms with E-state index in [9.17, 15) is 9.59 Å². The van der Waals surface area contributed by atoms with E-state index in [4.69, 9.17) is 0 Å². The molecule has 0 atom stereocenters. The Labute approximate surface area is 236 Å². The van der Waals surface area contributed by atoms with Crippen LogP contribution >= 0.6 is 25.3 Å². The predicted octanol–water partition coefficient (Wildman–Crippen LogP) is 4.57. The number of imide groups is 1. The van der Waals surface area contributed by atoms with E-state index >= 15 is 0 Å². The summed E-state index contributed by atoms with van der Waals surface area (Å²) in [5.74, 6) is -0.737. The van der Waals surface area contributed by atoms with Crippen LogP contribution in [-0.4, -0.2) is 75.8 Å². The minimum absolute atomic E-state index is 0.0660. The number of rotatable bonds is 7. The second kappa shape index (κ2) is 12.1. The van der Waals surface area contributed by atoms with Crippen LogP contribution in [0.1, 0.15) is 20.7 Å². The number of thiol groups is 2. The Morgan fingerprint density at radius 2 is 1.03 bits per heavy atom. The predicted molar refractivity (Wildman–Crippen MR) is 165 cm³/mol. The lowest BCUT2D eigenvalue weighted by Gasteiger charge is -2.37. The summed E-state index contributed by atoms with van der Waals surface area (Å²) in [6, 6.07) is 22.2. The summed E-state index contributed by atoms with van der Waals surface area (Å²) in [6.07, 6.45) is 0. The highest BCUT2D eigenvalue weighted by atomic mass is 32.2.